The Morgan fingerprint density at radius 2 is 0.725 bits per heavy atom. The van der Waals surface area contributed by atoms with Crippen LogP contribution in [-0.4, -0.2) is 16.7 Å². The predicted molar refractivity (Wildman–Crippen MR) is 160 cm³/mol. The van der Waals surface area contributed by atoms with Crippen LogP contribution < -0.4 is 10.6 Å². The fourth-order valence-electron chi connectivity index (χ4n) is 5.62. The maximum absolute atomic E-state index is 5.16. The van der Waals surface area contributed by atoms with Crippen molar-refractivity contribution in [2.75, 3.05) is 0 Å². The quantitative estimate of drug-likeness (QED) is 0.261. The molecule has 0 radical (unpaired) electrons. The number of aliphatic imine (C=N–C) groups is 2. The Bertz CT molecular complexity index is 1530. The van der Waals surface area contributed by atoms with Gasteiger partial charge < -0.3 is 10.6 Å². The maximum Gasteiger partial charge on any atom is 0.148 e. The van der Waals surface area contributed by atoms with Crippen LogP contribution in [0.1, 0.15) is 57.8 Å². The smallest absolute Gasteiger partial charge is 0.148 e. The fraction of sp³-hybridized carbons (Fsp3) is 0.114. The number of pyridine rings is 1. The molecule has 5 aromatic rings. The first-order valence-corrected chi connectivity index (χ1v) is 13.7. The fourth-order valence-corrected chi connectivity index (χ4v) is 5.62. The van der Waals surface area contributed by atoms with Gasteiger partial charge in [-0.2, -0.15) is 0 Å². The van der Waals surface area contributed by atoms with Gasteiger partial charge in [0.05, 0.1) is 12.1 Å². The first-order valence-electron chi connectivity index (χ1n) is 13.7. The van der Waals surface area contributed by atoms with Gasteiger partial charge in [-0.25, -0.2) is 4.98 Å². The first-order chi connectivity index (χ1) is 19.8. The zero-order valence-corrected chi connectivity index (χ0v) is 21.9. The van der Waals surface area contributed by atoms with Crippen molar-refractivity contribution in [3.63, 3.8) is 0 Å². The maximum atomic E-state index is 5.16. The molecule has 2 aliphatic heterocycles. The summed E-state index contributed by atoms with van der Waals surface area (Å²) in [6, 6.07) is 48.0. The standard InChI is InChI=1S/C35H29N5/c1-5-14-24(15-6-1)30-31(25-16-7-2-8-17-25)38-34(37-30)28-22-13-23-29(36-28)35-39-32(26-18-9-3-10-19-26)33(40-35)27-20-11-4-12-21-27/h1-23,30-33H,(H,37,38)(H,39,40)/t30-,31-,32+,33+. The number of nitrogens with one attached hydrogen (secondary N) is 2. The average molecular weight is 520 g/mol. The Balaban J connectivity index is 1.23. The molecule has 0 aliphatic carbocycles. The SMILES string of the molecule is c1ccc([C@H]2N=C(c3cccc(C4=N[C@@H](c5ccccc5)[C@H](c5ccccc5)N4)n3)N[C@@H]2c2ccccc2)cc1. The molecule has 5 heteroatoms. The Labute approximate surface area is 234 Å². The molecule has 2 N–H and O–H groups in total. The van der Waals surface area contributed by atoms with Crippen molar-refractivity contribution in [1.82, 2.24) is 15.6 Å². The normalized spacial score (nSPS) is 21.7. The molecule has 4 aromatic carbocycles. The second-order valence-corrected chi connectivity index (χ2v) is 10.1. The van der Waals surface area contributed by atoms with Crippen molar-refractivity contribution in [3.05, 3.63) is 173 Å². The van der Waals surface area contributed by atoms with Crippen molar-refractivity contribution in [2.45, 2.75) is 24.2 Å². The minimum absolute atomic E-state index is 0.0240. The summed E-state index contributed by atoms with van der Waals surface area (Å²) in [5.41, 5.74) is 6.36. The van der Waals surface area contributed by atoms with E-state index in [0.29, 0.717) is 0 Å². The van der Waals surface area contributed by atoms with Gasteiger partial charge in [-0.3, -0.25) is 9.98 Å². The second-order valence-electron chi connectivity index (χ2n) is 10.1. The predicted octanol–water partition coefficient (Wildman–Crippen LogP) is 6.75. The van der Waals surface area contributed by atoms with E-state index >= 15 is 0 Å². The summed E-state index contributed by atoms with van der Waals surface area (Å²) in [6.45, 7) is 0. The van der Waals surface area contributed by atoms with Gasteiger partial charge >= 0.3 is 0 Å². The average Bonchev–Trinajstić information content (AvgIpc) is 3.69. The first kappa shape index (κ1) is 24.0. The number of hydrogen-bond donors (Lipinski definition) is 2. The van der Waals surface area contributed by atoms with E-state index in [4.69, 9.17) is 15.0 Å². The number of aromatic nitrogens is 1. The summed E-state index contributed by atoms with van der Waals surface area (Å²) in [4.78, 5) is 15.4. The van der Waals surface area contributed by atoms with E-state index < -0.39 is 0 Å². The number of nitrogens with zero attached hydrogens (tertiary/aromatic N) is 3. The lowest BCUT2D eigenvalue weighted by Gasteiger charge is -2.20. The third-order valence-electron chi connectivity index (χ3n) is 7.59. The summed E-state index contributed by atoms with van der Waals surface area (Å²) in [6.07, 6.45) is 0. The molecule has 7 rings (SSSR count). The van der Waals surface area contributed by atoms with E-state index in [1.165, 1.54) is 22.3 Å². The zero-order chi connectivity index (χ0) is 26.7. The van der Waals surface area contributed by atoms with Crippen molar-refractivity contribution in [1.29, 1.82) is 0 Å². The zero-order valence-electron chi connectivity index (χ0n) is 21.9. The number of amidine groups is 2. The van der Waals surface area contributed by atoms with E-state index in [1.54, 1.807) is 0 Å². The van der Waals surface area contributed by atoms with E-state index in [9.17, 15) is 0 Å². The number of rotatable bonds is 6. The van der Waals surface area contributed by atoms with E-state index in [-0.39, 0.29) is 24.2 Å². The van der Waals surface area contributed by atoms with Gasteiger partial charge in [0.15, 0.2) is 0 Å². The highest BCUT2D eigenvalue weighted by Gasteiger charge is 2.34. The summed E-state index contributed by atoms with van der Waals surface area (Å²) >= 11 is 0. The van der Waals surface area contributed by atoms with Crippen LogP contribution in [0.2, 0.25) is 0 Å². The van der Waals surface area contributed by atoms with Gasteiger partial charge in [0.1, 0.15) is 35.1 Å². The molecule has 0 spiro atoms. The lowest BCUT2D eigenvalue weighted by atomic mass is 9.95. The molecule has 0 saturated carbocycles. The van der Waals surface area contributed by atoms with Crippen molar-refractivity contribution in [2.24, 2.45) is 9.98 Å². The molecular formula is C35H29N5. The van der Waals surface area contributed by atoms with Crippen molar-refractivity contribution in [3.8, 4) is 0 Å². The molecule has 1 aromatic heterocycles. The van der Waals surface area contributed by atoms with Crippen LogP contribution in [0.15, 0.2) is 150 Å². The molecule has 0 saturated heterocycles. The van der Waals surface area contributed by atoms with Crippen molar-refractivity contribution < 1.29 is 0 Å². The minimum atomic E-state index is -0.0454. The summed E-state index contributed by atoms with van der Waals surface area (Å²) in [5, 5.41) is 7.37. The van der Waals surface area contributed by atoms with Crippen molar-refractivity contribution >= 4 is 11.7 Å². The molecule has 0 unspecified atom stereocenters. The Morgan fingerprint density at radius 1 is 0.375 bits per heavy atom. The van der Waals surface area contributed by atoms with Crippen LogP contribution in [0.25, 0.3) is 0 Å². The molecule has 4 atom stereocenters. The molecule has 2 aliphatic rings. The molecule has 0 fully saturated rings. The molecule has 194 valence electrons. The highest BCUT2D eigenvalue weighted by molar-refractivity contribution is 6.02. The summed E-state index contributed by atoms with van der Waals surface area (Å²) < 4.78 is 0. The molecule has 0 bridgehead atoms. The van der Waals surface area contributed by atoms with Gasteiger partial charge in [-0.05, 0) is 34.4 Å². The van der Waals surface area contributed by atoms with E-state index in [0.717, 1.165) is 23.1 Å². The van der Waals surface area contributed by atoms with Crippen LogP contribution in [0.4, 0.5) is 0 Å². The highest BCUT2D eigenvalue weighted by Crippen LogP contribution is 2.38. The Hall–Kier alpha value is -5.03. The van der Waals surface area contributed by atoms with Gasteiger partial charge in [0.25, 0.3) is 0 Å². The highest BCUT2D eigenvalue weighted by atomic mass is 15.2. The topological polar surface area (TPSA) is 61.7 Å². The summed E-state index contributed by atoms with van der Waals surface area (Å²) in [7, 11) is 0. The van der Waals surface area contributed by atoms with E-state index in [1.807, 2.05) is 42.5 Å². The van der Waals surface area contributed by atoms with Crippen LogP contribution in [0, 0.1) is 0 Å². The number of benzene rings is 4. The molecule has 40 heavy (non-hydrogen) atoms. The Morgan fingerprint density at radius 3 is 1.10 bits per heavy atom. The third-order valence-corrected chi connectivity index (χ3v) is 7.59. The molecule has 3 heterocycles. The van der Waals surface area contributed by atoms with Crippen LogP contribution in [0.5, 0.6) is 0 Å². The second kappa shape index (κ2) is 10.6. The molecule has 5 nitrogen and oxygen atoms in total. The van der Waals surface area contributed by atoms with Gasteiger partial charge in [0.2, 0.25) is 0 Å². The third kappa shape index (κ3) is 4.67. The van der Waals surface area contributed by atoms with Gasteiger partial charge in [-0.1, -0.05) is 127 Å². The van der Waals surface area contributed by atoms with Crippen LogP contribution >= 0.6 is 0 Å². The van der Waals surface area contributed by atoms with Crippen LogP contribution in [-0.2, 0) is 0 Å². The number of hydrogen-bond acceptors (Lipinski definition) is 5. The van der Waals surface area contributed by atoms with Gasteiger partial charge in [0, 0.05) is 0 Å². The van der Waals surface area contributed by atoms with Gasteiger partial charge in [-0.15, -0.1) is 0 Å². The lowest BCUT2D eigenvalue weighted by Crippen LogP contribution is -2.28. The largest absolute Gasteiger partial charge is 0.359 e. The van der Waals surface area contributed by atoms with E-state index in [2.05, 4.69) is 108 Å². The molecule has 0 amide bonds. The summed E-state index contributed by atoms with van der Waals surface area (Å²) in [5.74, 6) is 1.59. The molecular weight excluding hydrogens is 490 g/mol. The lowest BCUT2D eigenvalue weighted by molar-refractivity contribution is 0.572. The monoisotopic (exact) mass is 519 g/mol. The Kier molecular flexibility index (Phi) is 6.38. The van der Waals surface area contributed by atoms with Crippen LogP contribution in [0.3, 0.4) is 0 Å². The minimum Gasteiger partial charge on any atom is -0.359 e.